The molecule has 0 bridgehead atoms. The van der Waals surface area contributed by atoms with E-state index >= 15 is 0 Å². The molecule has 21 heavy (non-hydrogen) atoms. The molecular weight excluding hydrogens is 268 g/mol. The van der Waals surface area contributed by atoms with Gasteiger partial charge in [0.05, 0.1) is 18.8 Å². The average Bonchev–Trinajstić information content (AvgIpc) is 2.48. The summed E-state index contributed by atoms with van der Waals surface area (Å²) < 4.78 is 16.7. The molecule has 1 aliphatic rings. The number of nitrogens with two attached hydrogens (primary N) is 1. The van der Waals surface area contributed by atoms with Crippen molar-refractivity contribution in [2.75, 3.05) is 47.1 Å². The molecule has 1 heterocycles. The second-order valence-electron chi connectivity index (χ2n) is 6.50. The van der Waals surface area contributed by atoms with Gasteiger partial charge in [-0.05, 0) is 33.1 Å². The summed E-state index contributed by atoms with van der Waals surface area (Å²) in [5.74, 6) is 0. The Morgan fingerprint density at radius 2 is 2.05 bits per heavy atom. The van der Waals surface area contributed by atoms with Crippen molar-refractivity contribution in [3.8, 4) is 0 Å². The first-order valence-electron chi connectivity index (χ1n) is 8.05. The van der Waals surface area contributed by atoms with Gasteiger partial charge in [-0.15, -0.1) is 0 Å². The third-order valence-corrected chi connectivity index (χ3v) is 4.93. The highest BCUT2D eigenvalue weighted by molar-refractivity contribution is 5.01. The Balaban J connectivity index is 2.97. The lowest BCUT2D eigenvalue weighted by Gasteiger charge is -2.53. The fourth-order valence-electron chi connectivity index (χ4n) is 3.53. The summed E-state index contributed by atoms with van der Waals surface area (Å²) in [6, 6.07) is 0.313. The van der Waals surface area contributed by atoms with Crippen molar-refractivity contribution < 1.29 is 14.2 Å². The molecule has 0 aromatic rings. The largest absolute Gasteiger partial charge is 0.383 e. The van der Waals surface area contributed by atoms with Crippen molar-refractivity contribution in [1.29, 1.82) is 0 Å². The lowest BCUT2D eigenvalue weighted by molar-refractivity contribution is -0.141. The third-order valence-electron chi connectivity index (χ3n) is 4.93. The minimum atomic E-state index is -0.0876. The van der Waals surface area contributed by atoms with Crippen LogP contribution < -0.4 is 5.73 Å². The van der Waals surface area contributed by atoms with Crippen LogP contribution in [0.5, 0.6) is 0 Å². The van der Waals surface area contributed by atoms with Gasteiger partial charge in [-0.1, -0.05) is 6.92 Å². The zero-order chi connectivity index (χ0) is 15.9. The van der Waals surface area contributed by atoms with Crippen molar-refractivity contribution in [2.24, 2.45) is 5.73 Å². The summed E-state index contributed by atoms with van der Waals surface area (Å²) in [6.45, 7) is 10.3. The monoisotopic (exact) mass is 302 g/mol. The lowest BCUT2D eigenvalue weighted by Crippen LogP contribution is -2.64. The van der Waals surface area contributed by atoms with Gasteiger partial charge in [0.15, 0.2) is 0 Å². The minimum Gasteiger partial charge on any atom is -0.383 e. The molecule has 0 aromatic carbocycles. The van der Waals surface area contributed by atoms with Crippen LogP contribution in [0.3, 0.4) is 0 Å². The molecule has 5 heteroatoms. The molecule has 0 saturated carbocycles. The van der Waals surface area contributed by atoms with Gasteiger partial charge in [0.1, 0.15) is 0 Å². The summed E-state index contributed by atoms with van der Waals surface area (Å²) in [7, 11) is 3.49. The minimum absolute atomic E-state index is 0.0283. The molecule has 0 aliphatic carbocycles. The maximum Gasteiger partial charge on any atom is 0.0670 e. The standard InChI is InChI=1S/C16H34N2O3/c1-6-15(3)12-16(13-17,7-9-21-15)18(8-10-19-4)14(2)11-20-5/h14H,6-13,17H2,1-5H3. The molecule has 3 atom stereocenters. The van der Waals surface area contributed by atoms with E-state index in [0.717, 1.165) is 32.4 Å². The normalized spacial score (nSPS) is 31.6. The fraction of sp³-hybridized carbons (Fsp3) is 1.00. The van der Waals surface area contributed by atoms with Gasteiger partial charge < -0.3 is 19.9 Å². The van der Waals surface area contributed by atoms with Gasteiger partial charge in [0.2, 0.25) is 0 Å². The third kappa shape index (κ3) is 4.63. The van der Waals surface area contributed by atoms with Crippen LogP contribution in [0.1, 0.15) is 40.0 Å². The molecule has 1 fully saturated rings. The Morgan fingerprint density at radius 1 is 1.33 bits per heavy atom. The SMILES string of the molecule is CCC1(C)CC(CN)(N(CCOC)C(C)COC)CCO1. The molecule has 3 unspecified atom stereocenters. The number of hydrogen-bond acceptors (Lipinski definition) is 5. The second-order valence-corrected chi connectivity index (χ2v) is 6.50. The van der Waals surface area contributed by atoms with Crippen molar-refractivity contribution in [2.45, 2.75) is 57.2 Å². The van der Waals surface area contributed by atoms with E-state index in [2.05, 4.69) is 25.7 Å². The Labute approximate surface area is 130 Å². The van der Waals surface area contributed by atoms with Crippen LogP contribution in [0.2, 0.25) is 0 Å². The molecule has 126 valence electrons. The van der Waals surface area contributed by atoms with Crippen LogP contribution >= 0.6 is 0 Å². The Bertz CT molecular complexity index is 303. The van der Waals surface area contributed by atoms with Gasteiger partial charge in [-0.2, -0.15) is 0 Å². The zero-order valence-corrected chi connectivity index (χ0v) is 14.5. The first kappa shape index (κ1) is 18.8. The molecule has 1 saturated heterocycles. The molecule has 2 N–H and O–H groups in total. The summed E-state index contributed by atoms with van der Waals surface area (Å²) in [5, 5.41) is 0. The summed E-state index contributed by atoms with van der Waals surface area (Å²) in [5.41, 5.74) is 6.13. The van der Waals surface area contributed by atoms with Crippen molar-refractivity contribution in [1.82, 2.24) is 4.90 Å². The number of methoxy groups -OCH3 is 2. The van der Waals surface area contributed by atoms with Gasteiger partial charge >= 0.3 is 0 Å². The van der Waals surface area contributed by atoms with Crippen LogP contribution in [0, 0.1) is 0 Å². The van der Waals surface area contributed by atoms with Crippen molar-refractivity contribution >= 4 is 0 Å². The topological polar surface area (TPSA) is 57.0 Å². The van der Waals surface area contributed by atoms with Gasteiger partial charge in [-0.3, -0.25) is 4.90 Å². The second kappa shape index (κ2) is 8.44. The Morgan fingerprint density at radius 3 is 2.57 bits per heavy atom. The Kier molecular flexibility index (Phi) is 7.57. The van der Waals surface area contributed by atoms with E-state index in [1.54, 1.807) is 14.2 Å². The molecule has 0 amide bonds. The zero-order valence-electron chi connectivity index (χ0n) is 14.5. The number of rotatable bonds is 9. The van der Waals surface area contributed by atoms with Crippen LogP contribution in [-0.2, 0) is 14.2 Å². The van der Waals surface area contributed by atoms with Crippen molar-refractivity contribution in [3.63, 3.8) is 0 Å². The molecular formula is C16H34N2O3. The van der Waals surface area contributed by atoms with Crippen LogP contribution in [0.4, 0.5) is 0 Å². The number of hydrogen-bond donors (Lipinski definition) is 1. The van der Waals surface area contributed by atoms with E-state index in [4.69, 9.17) is 19.9 Å². The maximum atomic E-state index is 6.24. The van der Waals surface area contributed by atoms with Crippen LogP contribution in [-0.4, -0.2) is 69.2 Å². The quantitative estimate of drug-likeness (QED) is 0.702. The van der Waals surface area contributed by atoms with E-state index in [-0.39, 0.29) is 11.1 Å². The summed E-state index contributed by atoms with van der Waals surface area (Å²) in [4.78, 5) is 2.48. The van der Waals surface area contributed by atoms with Gasteiger partial charge in [0.25, 0.3) is 0 Å². The molecule has 0 aromatic heterocycles. The highest BCUT2D eigenvalue weighted by Gasteiger charge is 2.46. The smallest absolute Gasteiger partial charge is 0.0670 e. The lowest BCUT2D eigenvalue weighted by atomic mass is 9.77. The van der Waals surface area contributed by atoms with Crippen molar-refractivity contribution in [3.05, 3.63) is 0 Å². The fourth-order valence-corrected chi connectivity index (χ4v) is 3.53. The predicted octanol–water partition coefficient (Wildman–Crippen LogP) is 1.65. The number of ether oxygens (including phenoxy) is 3. The van der Waals surface area contributed by atoms with Crippen LogP contribution in [0.15, 0.2) is 0 Å². The number of nitrogens with zero attached hydrogens (tertiary/aromatic N) is 1. The van der Waals surface area contributed by atoms with Crippen LogP contribution in [0.25, 0.3) is 0 Å². The molecule has 0 spiro atoms. The van der Waals surface area contributed by atoms with E-state index in [9.17, 15) is 0 Å². The van der Waals surface area contributed by atoms with E-state index in [1.807, 2.05) is 0 Å². The molecule has 5 nitrogen and oxygen atoms in total. The predicted molar refractivity (Wildman–Crippen MR) is 85.6 cm³/mol. The van der Waals surface area contributed by atoms with E-state index < -0.39 is 0 Å². The summed E-state index contributed by atoms with van der Waals surface area (Å²) >= 11 is 0. The molecule has 1 rings (SSSR count). The van der Waals surface area contributed by atoms with Gasteiger partial charge in [0, 0.05) is 45.5 Å². The van der Waals surface area contributed by atoms with E-state index in [0.29, 0.717) is 25.8 Å². The molecule has 1 aliphatic heterocycles. The Hall–Kier alpha value is -0.200. The maximum absolute atomic E-state index is 6.24. The van der Waals surface area contributed by atoms with Gasteiger partial charge in [-0.25, -0.2) is 0 Å². The summed E-state index contributed by atoms with van der Waals surface area (Å²) in [6.07, 6.45) is 2.94. The first-order chi connectivity index (χ1) is 9.97. The highest BCUT2D eigenvalue weighted by Crippen LogP contribution is 2.38. The first-order valence-corrected chi connectivity index (χ1v) is 8.05. The highest BCUT2D eigenvalue weighted by atomic mass is 16.5. The molecule has 0 radical (unpaired) electrons. The van der Waals surface area contributed by atoms with E-state index in [1.165, 1.54) is 0 Å². The average molecular weight is 302 g/mol.